The number of carbonyl (C=O) groups excluding carboxylic acids is 2. The molecule has 0 aliphatic carbocycles. The molecule has 120 valence electrons. The van der Waals surface area contributed by atoms with Crippen molar-refractivity contribution in [3.05, 3.63) is 59.1 Å². The van der Waals surface area contributed by atoms with Crippen LogP contribution >= 0.6 is 11.6 Å². The predicted molar refractivity (Wildman–Crippen MR) is 90.7 cm³/mol. The van der Waals surface area contributed by atoms with Crippen molar-refractivity contribution in [1.29, 1.82) is 0 Å². The van der Waals surface area contributed by atoms with Crippen molar-refractivity contribution in [1.82, 2.24) is 0 Å². The molecule has 0 heterocycles. The van der Waals surface area contributed by atoms with Crippen LogP contribution < -0.4 is 10.6 Å². The van der Waals surface area contributed by atoms with E-state index in [9.17, 15) is 9.59 Å². The Morgan fingerprint density at radius 2 is 1.78 bits per heavy atom. The molecule has 0 fully saturated rings. The van der Waals surface area contributed by atoms with Gasteiger partial charge in [-0.15, -0.1) is 0 Å². The summed E-state index contributed by atoms with van der Waals surface area (Å²) >= 11 is 6.09. The van der Waals surface area contributed by atoms with E-state index in [2.05, 4.69) is 10.6 Å². The number of carbonyl (C=O) groups is 2. The number of halogens is 1. The van der Waals surface area contributed by atoms with Crippen LogP contribution in [-0.2, 0) is 20.7 Å². The molecule has 2 amide bonds. The molecule has 0 atom stereocenters. The Hall–Kier alpha value is -2.37. The maximum absolute atomic E-state index is 12.1. The molecule has 0 saturated heterocycles. The van der Waals surface area contributed by atoms with Gasteiger partial charge >= 0.3 is 0 Å². The van der Waals surface area contributed by atoms with Gasteiger partial charge in [0.05, 0.1) is 17.1 Å². The van der Waals surface area contributed by atoms with Gasteiger partial charge in [0.2, 0.25) is 11.8 Å². The van der Waals surface area contributed by atoms with Gasteiger partial charge < -0.3 is 15.4 Å². The molecular formula is C17H17ClN2O3. The molecule has 0 unspecified atom stereocenters. The van der Waals surface area contributed by atoms with Crippen LogP contribution in [0.15, 0.2) is 48.5 Å². The van der Waals surface area contributed by atoms with E-state index in [-0.39, 0.29) is 24.8 Å². The number of amides is 2. The van der Waals surface area contributed by atoms with Gasteiger partial charge in [0.1, 0.15) is 6.61 Å². The predicted octanol–water partition coefficient (Wildman–Crippen LogP) is 3.11. The Kier molecular flexibility index (Phi) is 6.14. The van der Waals surface area contributed by atoms with Crippen LogP contribution in [0.1, 0.15) is 5.56 Å². The average molecular weight is 333 g/mol. The minimum Gasteiger partial charge on any atom is -0.375 e. The van der Waals surface area contributed by atoms with Crippen molar-refractivity contribution in [2.75, 3.05) is 24.4 Å². The number of ether oxygens (including phenoxy) is 1. The first-order chi connectivity index (χ1) is 11.1. The fourth-order valence-electron chi connectivity index (χ4n) is 2.00. The Labute approximate surface area is 139 Å². The van der Waals surface area contributed by atoms with E-state index in [0.29, 0.717) is 16.4 Å². The second-order valence-electron chi connectivity index (χ2n) is 4.89. The van der Waals surface area contributed by atoms with Crippen molar-refractivity contribution in [3.63, 3.8) is 0 Å². The molecule has 2 aromatic rings. The zero-order valence-electron chi connectivity index (χ0n) is 12.6. The summed E-state index contributed by atoms with van der Waals surface area (Å²) in [5.74, 6) is -0.463. The average Bonchev–Trinajstić information content (AvgIpc) is 2.52. The first-order valence-corrected chi connectivity index (χ1v) is 7.38. The van der Waals surface area contributed by atoms with Crippen molar-refractivity contribution in [2.24, 2.45) is 0 Å². The third kappa shape index (κ3) is 5.39. The van der Waals surface area contributed by atoms with E-state index in [4.69, 9.17) is 16.3 Å². The minimum absolute atomic E-state index is 0.0433. The fourth-order valence-corrected chi connectivity index (χ4v) is 2.17. The highest BCUT2D eigenvalue weighted by molar-refractivity contribution is 6.33. The quantitative estimate of drug-likeness (QED) is 0.854. The molecule has 5 nitrogen and oxygen atoms in total. The van der Waals surface area contributed by atoms with Crippen LogP contribution in [0, 0.1) is 0 Å². The maximum atomic E-state index is 12.1. The van der Waals surface area contributed by atoms with Gasteiger partial charge in [0.15, 0.2) is 0 Å². The highest BCUT2D eigenvalue weighted by Crippen LogP contribution is 2.25. The standard InChI is InChI=1S/C17H17ClN2O3/c1-23-11-17(22)19-13-7-8-14(18)15(10-13)20-16(21)9-12-5-3-2-4-6-12/h2-8,10H,9,11H2,1H3,(H,19,22)(H,20,21). The van der Waals surface area contributed by atoms with Crippen LogP contribution in [0.3, 0.4) is 0 Å². The van der Waals surface area contributed by atoms with E-state index >= 15 is 0 Å². The molecule has 2 aromatic carbocycles. The monoisotopic (exact) mass is 332 g/mol. The van der Waals surface area contributed by atoms with Crippen molar-refractivity contribution in [2.45, 2.75) is 6.42 Å². The van der Waals surface area contributed by atoms with Crippen molar-refractivity contribution >= 4 is 34.8 Å². The second-order valence-corrected chi connectivity index (χ2v) is 5.29. The number of nitrogens with one attached hydrogen (secondary N) is 2. The largest absolute Gasteiger partial charge is 0.375 e. The van der Waals surface area contributed by atoms with Crippen LogP contribution in [0.25, 0.3) is 0 Å². The maximum Gasteiger partial charge on any atom is 0.250 e. The van der Waals surface area contributed by atoms with Crippen molar-refractivity contribution < 1.29 is 14.3 Å². The van der Waals surface area contributed by atoms with Crippen LogP contribution in [-0.4, -0.2) is 25.5 Å². The zero-order valence-corrected chi connectivity index (χ0v) is 13.4. The lowest BCUT2D eigenvalue weighted by atomic mass is 10.1. The summed E-state index contributed by atoms with van der Waals surface area (Å²) in [6, 6.07) is 14.3. The highest BCUT2D eigenvalue weighted by Gasteiger charge is 2.09. The van der Waals surface area contributed by atoms with Gasteiger partial charge in [-0.3, -0.25) is 9.59 Å². The van der Waals surface area contributed by atoms with E-state index in [1.54, 1.807) is 18.2 Å². The first kappa shape index (κ1) is 17.0. The molecule has 0 radical (unpaired) electrons. The van der Waals surface area contributed by atoms with Gasteiger partial charge in [-0.1, -0.05) is 41.9 Å². The number of benzene rings is 2. The molecule has 0 aromatic heterocycles. The number of methoxy groups -OCH3 is 1. The molecule has 2 rings (SSSR count). The normalized spacial score (nSPS) is 10.2. The number of anilines is 2. The van der Waals surface area contributed by atoms with Gasteiger partial charge in [-0.25, -0.2) is 0 Å². The number of hydrogen-bond donors (Lipinski definition) is 2. The van der Waals surface area contributed by atoms with Crippen molar-refractivity contribution in [3.8, 4) is 0 Å². The lowest BCUT2D eigenvalue weighted by Crippen LogP contribution is -2.18. The molecule has 0 aliphatic heterocycles. The van der Waals surface area contributed by atoms with Gasteiger partial charge in [0.25, 0.3) is 0 Å². The van der Waals surface area contributed by atoms with E-state index < -0.39 is 0 Å². The molecular weight excluding hydrogens is 316 g/mol. The summed E-state index contributed by atoms with van der Waals surface area (Å²) in [4.78, 5) is 23.6. The fraction of sp³-hybridized carbons (Fsp3) is 0.176. The third-order valence-electron chi connectivity index (χ3n) is 3.01. The smallest absolute Gasteiger partial charge is 0.250 e. The zero-order chi connectivity index (χ0) is 16.7. The number of hydrogen-bond acceptors (Lipinski definition) is 3. The lowest BCUT2D eigenvalue weighted by molar-refractivity contribution is -0.119. The molecule has 0 bridgehead atoms. The lowest BCUT2D eigenvalue weighted by Gasteiger charge is -2.10. The van der Waals surface area contributed by atoms with E-state index in [1.807, 2.05) is 30.3 Å². The first-order valence-electron chi connectivity index (χ1n) is 7.00. The summed E-state index contributed by atoms with van der Waals surface area (Å²) in [6.07, 6.45) is 0.247. The Morgan fingerprint density at radius 1 is 1.04 bits per heavy atom. The Balaban J connectivity index is 2.03. The second kappa shape index (κ2) is 8.31. The summed E-state index contributed by atoms with van der Waals surface area (Å²) in [7, 11) is 1.44. The Bertz CT molecular complexity index is 689. The van der Waals surface area contributed by atoms with Gasteiger partial charge in [-0.2, -0.15) is 0 Å². The Morgan fingerprint density at radius 3 is 2.48 bits per heavy atom. The third-order valence-corrected chi connectivity index (χ3v) is 3.34. The molecule has 0 spiro atoms. The van der Waals surface area contributed by atoms with Gasteiger partial charge in [-0.05, 0) is 23.8 Å². The molecule has 2 N–H and O–H groups in total. The summed E-state index contributed by atoms with van der Waals surface area (Å²) in [5.41, 5.74) is 1.89. The highest BCUT2D eigenvalue weighted by atomic mass is 35.5. The van der Waals surface area contributed by atoms with E-state index in [1.165, 1.54) is 7.11 Å². The molecule has 0 aliphatic rings. The van der Waals surface area contributed by atoms with Crippen LogP contribution in [0.4, 0.5) is 11.4 Å². The topological polar surface area (TPSA) is 67.4 Å². The summed E-state index contributed by atoms with van der Waals surface area (Å²) in [5, 5.41) is 5.81. The summed E-state index contributed by atoms with van der Waals surface area (Å²) < 4.78 is 4.75. The van der Waals surface area contributed by atoms with Gasteiger partial charge in [0, 0.05) is 12.8 Å². The molecule has 0 saturated carbocycles. The number of rotatable bonds is 6. The molecule has 23 heavy (non-hydrogen) atoms. The summed E-state index contributed by atoms with van der Waals surface area (Å²) in [6.45, 7) is -0.0433. The molecule has 6 heteroatoms. The SMILES string of the molecule is COCC(=O)Nc1ccc(Cl)c(NC(=O)Cc2ccccc2)c1. The van der Waals surface area contributed by atoms with Crippen LogP contribution in [0.5, 0.6) is 0 Å². The van der Waals surface area contributed by atoms with E-state index in [0.717, 1.165) is 5.56 Å². The van der Waals surface area contributed by atoms with Crippen LogP contribution in [0.2, 0.25) is 5.02 Å². The minimum atomic E-state index is -0.281.